The summed E-state index contributed by atoms with van der Waals surface area (Å²) in [5.74, 6) is 0. The molecule has 0 unspecified atom stereocenters. The van der Waals surface area contributed by atoms with Gasteiger partial charge in [0.2, 0.25) is 0 Å². The molecular weight excluding hydrogens is 236 g/mol. The fourth-order valence-corrected chi connectivity index (χ4v) is 2.99. The van der Waals surface area contributed by atoms with E-state index in [0.717, 1.165) is 26.3 Å². The Labute approximate surface area is 115 Å². The van der Waals surface area contributed by atoms with Crippen LogP contribution in [-0.4, -0.2) is 31.1 Å². The van der Waals surface area contributed by atoms with Gasteiger partial charge in [0.1, 0.15) is 0 Å². The van der Waals surface area contributed by atoms with Gasteiger partial charge in [0.05, 0.1) is 13.2 Å². The van der Waals surface area contributed by atoms with E-state index in [1.807, 2.05) is 0 Å². The highest BCUT2D eigenvalue weighted by Gasteiger charge is 2.11. The van der Waals surface area contributed by atoms with Gasteiger partial charge in [-0.3, -0.25) is 0 Å². The molecule has 0 spiro atoms. The number of nitrogens with zero attached hydrogens (tertiary/aromatic N) is 1. The van der Waals surface area contributed by atoms with Crippen molar-refractivity contribution >= 4 is 0 Å². The number of fused-ring (bicyclic) bond motifs is 1. The van der Waals surface area contributed by atoms with Crippen LogP contribution < -0.4 is 5.32 Å². The summed E-state index contributed by atoms with van der Waals surface area (Å²) in [5, 5.41) is 3.56. The van der Waals surface area contributed by atoms with Gasteiger partial charge in [-0.1, -0.05) is 24.6 Å². The van der Waals surface area contributed by atoms with Crippen LogP contribution in [0.4, 0.5) is 0 Å². The van der Waals surface area contributed by atoms with Crippen LogP contribution >= 0.6 is 0 Å². The van der Waals surface area contributed by atoms with E-state index in [1.54, 1.807) is 0 Å². The maximum atomic E-state index is 5.45. The first-order valence-electron chi connectivity index (χ1n) is 7.53. The molecule has 104 valence electrons. The molecule has 0 saturated carbocycles. The van der Waals surface area contributed by atoms with Crippen molar-refractivity contribution in [3.63, 3.8) is 0 Å². The molecule has 0 amide bonds. The smallest absolute Gasteiger partial charge is 0.0725 e. The van der Waals surface area contributed by atoms with Crippen molar-refractivity contribution in [2.75, 3.05) is 26.2 Å². The molecule has 0 aliphatic carbocycles. The summed E-state index contributed by atoms with van der Waals surface area (Å²) in [6, 6.07) is 6.72. The second-order valence-corrected chi connectivity index (χ2v) is 5.67. The molecule has 2 aliphatic rings. The third kappa shape index (κ3) is 3.56. The molecule has 3 heteroatoms. The lowest BCUT2D eigenvalue weighted by Gasteiger charge is -2.26. The molecule has 0 atom stereocenters. The first-order valence-corrected chi connectivity index (χ1v) is 7.53. The lowest BCUT2D eigenvalue weighted by Crippen LogP contribution is -2.35. The van der Waals surface area contributed by atoms with Crippen molar-refractivity contribution in [3.05, 3.63) is 34.9 Å². The molecule has 1 saturated heterocycles. The lowest BCUT2D eigenvalue weighted by atomic mass is 10.1. The van der Waals surface area contributed by atoms with Crippen molar-refractivity contribution in [2.45, 2.75) is 39.0 Å². The molecule has 3 nitrogen and oxygen atoms in total. The fourth-order valence-electron chi connectivity index (χ4n) is 2.99. The summed E-state index contributed by atoms with van der Waals surface area (Å²) < 4.78 is 5.45. The van der Waals surface area contributed by atoms with Crippen molar-refractivity contribution in [1.82, 2.24) is 10.2 Å². The molecular formula is C16H24N2O. The van der Waals surface area contributed by atoms with Gasteiger partial charge in [0.15, 0.2) is 0 Å². The molecule has 2 aliphatic heterocycles. The largest absolute Gasteiger partial charge is 0.372 e. The number of piperidine rings is 1. The second-order valence-electron chi connectivity index (χ2n) is 5.67. The highest BCUT2D eigenvalue weighted by atomic mass is 16.5. The van der Waals surface area contributed by atoms with Crippen LogP contribution in [0.15, 0.2) is 18.2 Å². The van der Waals surface area contributed by atoms with E-state index in [-0.39, 0.29) is 0 Å². The van der Waals surface area contributed by atoms with Gasteiger partial charge >= 0.3 is 0 Å². The van der Waals surface area contributed by atoms with Crippen LogP contribution in [0, 0.1) is 0 Å². The molecule has 19 heavy (non-hydrogen) atoms. The number of hydrogen-bond donors (Lipinski definition) is 1. The summed E-state index contributed by atoms with van der Waals surface area (Å²) in [6.07, 6.45) is 4.18. The van der Waals surface area contributed by atoms with Crippen LogP contribution in [0.1, 0.15) is 36.0 Å². The highest BCUT2D eigenvalue weighted by molar-refractivity contribution is 5.33. The van der Waals surface area contributed by atoms with Gasteiger partial charge < -0.3 is 15.0 Å². The third-order valence-corrected chi connectivity index (χ3v) is 4.17. The zero-order valence-corrected chi connectivity index (χ0v) is 11.7. The van der Waals surface area contributed by atoms with Gasteiger partial charge in [-0.2, -0.15) is 0 Å². The maximum Gasteiger partial charge on any atom is 0.0725 e. The zero-order valence-electron chi connectivity index (χ0n) is 11.7. The minimum absolute atomic E-state index is 0.789. The Balaban J connectivity index is 1.40. The summed E-state index contributed by atoms with van der Waals surface area (Å²) in [7, 11) is 0. The van der Waals surface area contributed by atoms with Gasteiger partial charge in [-0.05, 0) is 42.6 Å². The normalized spacial score (nSPS) is 19.6. The molecule has 1 fully saturated rings. The van der Waals surface area contributed by atoms with E-state index in [0.29, 0.717) is 0 Å². The third-order valence-electron chi connectivity index (χ3n) is 4.17. The van der Waals surface area contributed by atoms with Crippen molar-refractivity contribution < 1.29 is 4.74 Å². The van der Waals surface area contributed by atoms with Crippen molar-refractivity contribution in [2.24, 2.45) is 0 Å². The molecule has 1 aromatic rings. The molecule has 2 heterocycles. The van der Waals surface area contributed by atoms with Crippen molar-refractivity contribution in [3.8, 4) is 0 Å². The molecule has 0 bridgehead atoms. The van der Waals surface area contributed by atoms with Crippen LogP contribution in [0.25, 0.3) is 0 Å². The number of benzene rings is 1. The van der Waals surface area contributed by atoms with Crippen LogP contribution in [-0.2, 0) is 24.5 Å². The zero-order chi connectivity index (χ0) is 12.9. The average molecular weight is 260 g/mol. The Morgan fingerprint density at radius 2 is 1.89 bits per heavy atom. The Morgan fingerprint density at radius 1 is 1.05 bits per heavy atom. The first-order chi connectivity index (χ1) is 9.42. The molecule has 1 aromatic carbocycles. The van der Waals surface area contributed by atoms with Crippen molar-refractivity contribution in [1.29, 1.82) is 0 Å². The van der Waals surface area contributed by atoms with E-state index < -0.39 is 0 Å². The predicted octanol–water partition coefficient (Wildman–Crippen LogP) is 2.29. The Hall–Kier alpha value is -0.900. The second kappa shape index (κ2) is 6.51. The van der Waals surface area contributed by atoms with Gasteiger partial charge in [-0.25, -0.2) is 0 Å². The Kier molecular flexibility index (Phi) is 4.49. The maximum absolute atomic E-state index is 5.45. The minimum Gasteiger partial charge on any atom is -0.372 e. The summed E-state index contributed by atoms with van der Waals surface area (Å²) in [5.41, 5.74) is 4.11. The lowest BCUT2D eigenvalue weighted by molar-refractivity contribution is 0.134. The van der Waals surface area contributed by atoms with E-state index in [9.17, 15) is 0 Å². The van der Waals surface area contributed by atoms with E-state index in [1.165, 1.54) is 55.6 Å². The number of rotatable bonds is 5. The fraction of sp³-hybridized carbons (Fsp3) is 0.625. The average Bonchev–Trinajstić information content (AvgIpc) is 2.92. The van der Waals surface area contributed by atoms with Gasteiger partial charge in [0.25, 0.3) is 0 Å². The SMILES string of the molecule is c1cc2c(cc1CNCCN1CCCCC1)COC2. The Morgan fingerprint density at radius 3 is 2.79 bits per heavy atom. The van der Waals surface area contributed by atoms with E-state index >= 15 is 0 Å². The van der Waals surface area contributed by atoms with Crippen LogP contribution in [0.3, 0.4) is 0 Å². The van der Waals surface area contributed by atoms with Crippen LogP contribution in [0.2, 0.25) is 0 Å². The molecule has 3 rings (SSSR count). The number of ether oxygens (including phenoxy) is 1. The number of nitrogens with one attached hydrogen (secondary N) is 1. The van der Waals surface area contributed by atoms with E-state index in [2.05, 4.69) is 28.4 Å². The topological polar surface area (TPSA) is 24.5 Å². The van der Waals surface area contributed by atoms with Crippen LogP contribution in [0.5, 0.6) is 0 Å². The summed E-state index contributed by atoms with van der Waals surface area (Å²) in [4.78, 5) is 2.58. The molecule has 0 aromatic heterocycles. The number of hydrogen-bond acceptors (Lipinski definition) is 3. The molecule has 1 N–H and O–H groups in total. The van der Waals surface area contributed by atoms with Gasteiger partial charge in [-0.15, -0.1) is 0 Å². The predicted molar refractivity (Wildman–Crippen MR) is 76.9 cm³/mol. The summed E-state index contributed by atoms with van der Waals surface area (Å²) in [6.45, 7) is 7.41. The highest BCUT2D eigenvalue weighted by Crippen LogP contribution is 2.20. The monoisotopic (exact) mass is 260 g/mol. The first kappa shape index (κ1) is 13.1. The van der Waals surface area contributed by atoms with Gasteiger partial charge in [0, 0.05) is 19.6 Å². The quantitative estimate of drug-likeness (QED) is 0.822. The minimum atomic E-state index is 0.789. The molecule has 0 radical (unpaired) electrons. The number of likely N-dealkylation sites (tertiary alicyclic amines) is 1. The summed E-state index contributed by atoms with van der Waals surface area (Å²) >= 11 is 0. The standard InChI is InChI=1S/C16H24N2O/c1-2-7-18(8-3-1)9-6-17-11-14-4-5-15-12-19-13-16(15)10-14/h4-5,10,17H,1-3,6-9,11-13H2. The Bertz CT molecular complexity index is 413. The van der Waals surface area contributed by atoms with E-state index in [4.69, 9.17) is 4.74 Å².